The maximum atomic E-state index is 11.9. The molecular formula is C26H41NO2. The van der Waals surface area contributed by atoms with Crippen molar-refractivity contribution in [2.45, 2.75) is 71.3 Å². The van der Waals surface area contributed by atoms with E-state index in [-0.39, 0.29) is 10.8 Å². The maximum Gasteiger partial charge on any atom is 0.0952 e. The van der Waals surface area contributed by atoms with Gasteiger partial charge < -0.3 is 15.9 Å². The molecule has 3 aliphatic rings. The summed E-state index contributed by atoms with van der Waals surface area (Å²) in [7, 11) is 0. The molecule has 3 aliphatic carbocycles. The standard InChI is InChI=1S/C26H41NO2/c1-18-9-12-24(2,20(15-18)17-28)22-10-13-25(3)23(21(22)16-27)11-14-26(25,29)19-7-5-4-6-8-19/h4-8,18,20-23,28-29H,9-17,27H2,1-3H3/t18-,20+,21+,22-,23-,24-,25-,26+/m0/s1. The Hall–Kier alpha value is -0.900. The van der Waals surface area contributed by atoms with Crippen LogP contribution in [0.3, 0.4) is 0 Å². The molecule has 0 heterocycles. The second-order valence-corrected chi connectivity index (χ2v) is 11.1. The number of aliphatic hydroxyl groups excluding tert-OH is 1. The van der Waals surface area contributed by atoms with E-state index in [2.05, 4.69) is 32.9 Å². The molecule has 4 rings (SSSR count). The summed E-state index contributed by atoms with van der Waals surface area (Å²) in [6, 6.07) is 10.3. The minimum Gasteiger partial charge on any atom is -0.396 e. The highest BCUT2D eigenvalue weighted by Gasteiger charge is 2.63. The summed E-state index contributed by atoms with van der Waals surface area (Å²) in [5.74, 6) is 2.52. The smallest absolute Gasteiger partial charge is 0.0952 e. The van der Waals surface area contributed by atoms with E-state index in [9.17, 15) is 10.2 Å². The van der Waals surface area contributed by atoms with Gasteiger partial charge in [0.05, 0.1) is 5.60 Å². The summed E-state index contributed by atoms with van der Waals surface area (Å²) in [5, 5.41) is 22.2. The largest absolute Gasteiger partial charge is 0.396 e. The molecule has 0 aliphatic heterocycles. The summed E-state index contributed by atoms with van der Waals surface area (Å²) in [6.45, 7) is 8.08. The molecule has 0 saturated heterocycles. The highest BCUT2D eigenvalue weighted by molar-refractivity contribution is 5.29. The second-order valence-electron chi connectivity index (χ2n) is 11.1. The van der Waals surface area contributed by atoms with Crippen LogP contribution in [0.1, 0.15) is 71.3 Å². The molecule has 1 aromatic carbocycles. The third-order valence-corrected chi connectivity index (χ3v) is 9.97. The minimum absolute atomic E-state index is 0.123. The van der Waals surface area contributed by atoms with Crippen LogP contribution in [-0.4, -0.2) is 23.4 Å². The third-order valence-electron chi connectivity index (χ3n) is 9.97. The van der Waals surface area contributed by atoms with Crippen LogP contribution in [-0.2, 0) is 5.60 Å². The van der Waals surface area contributed by atoms with Crippen molar-refractivity contribution in [1.29, 1.82) is 0 Å². The maximum absolute atomic E-state index is 11.9. The highest BCUT2D eigenvalue weighted by Crippen LogP contribution is 2.67. The third kappa shape index (κ3) is 3.11. The van der Waals surface area contributed by atoms with Crippen LogP contribution in [0.15, 0.2) is 30.3 Å². The Morgan fingerprint density at radius 2 is 1.69 bits per heavy atom. The first-order valence-electron chi connectivity index (χ1n) is 11.9. The monoisotopic (exact) mass is 399 g/mol. The van der Waals surface area contributed by atoms with Crippen LogP contribution in [0.2, 0.25) is 0 Å². The Morgan fingerprint density at radius 3 is 2.34 bits per heavy atom. The lowest BCUT2D eigenvalue weighted by atomic mass is 9.47. The Morgan fingerprint density at radius 1 is 1.00 bits per heavy atom. The van der Waals surface area contributed by atoms with Gasteiger partial charge in [0.15, 0.2) is 0 Å². The van der Waals surface area contributed by atoms with E-state index < -0.39 is 5.60 Å². The van der Waals surface area contributed by atoms with Crippen molar-refractivity contribution >= 4 is 0 Å². The number of hydrogen-bond donors (Lipinski definition) is 3. The van der Waals surface area contributed by atoms with E-state index >= 15 is 0 Å². The van der Waals surface area contributed by atoms with Gasteiger partial charge in [-0.25, -0.2) is 0 Å². The molecule has 3 heteroatoms. The van der Waals surface area contributed by atoms with E-state index in [1.54, 1.807) is 0 Å². The summed E-state index contributed by atoms with van der Waals surface area (Å²) in [4.78, 5) is 0. The zero-order valence-corrected chi connectivity index (χ0v) is 18.6. The van der Waals surface area contributed by atoms with Crippen molar-refractivity contribution in [3.05, 3.63) is 35.9 Å². The molecule has 3 saturated carbocycles. The highest BCUT2D eigenvalue weighted by atomic mass is 16.3. The van der Waals surface area contributed by atoms with Crippen LogP contribution in [0, 0.1) is 40.4 Å². The molecule has 1 aromatic rings. The van der Waals surface area contributed by atoms with Crippen molar-refractivity contribution in [3.63, 3.8) is 0 Å². The summed E-state index contributed by atoms with van der Waals surface area (Å²) < 4.78 is 0. The number of hydrogen-bond acceptors (Lipinski definition) is 3. The fourth-order valence-electron chi connectivity index (χ4n) is 8.04. The van der Waals surface area contributed by atoms with E-state index in [1.807, 2.05) is 18.2 Å². The van der Waals surface area contributed by atoms with E-state index in [0.29, 0.717) is 42.7 Å². The fourth-order valence-corrected chi connectivity index (χ4v) is 8.04. The molecule has 0 amide bonds. The molecule has 0 unspecified atom stereocenters. The quantitative estimate of drug-likeness (QED) is 0.687. The molecule has 0 aromatic heterocycles. The Kier molecular flexibility index (Phi) is 5.63. The van der Waals surface area contributed by atoms with Gasteiger partial charge in [0.2, 0.25) is 0 Å². The molecule has 8 atom stereocenters. The molecule has 162 valence electrons. The van der Waals surface area contributed by atoms with Crippen LogP contribution >= 0.6 is 0 Å². The minimum atomic E-state index is -0.754. The fraction of sp³-hybridized carbons (Fsp3) is 0.769. The topological polar surface area (TPSA) is 66.5 Å². The SMILES string of the molecule is C[C@H]1CC[C@](C)([C@H]2CC[C@@]3(C)[C@@H](CC[C@@]3(O)c3ccccc3)[C@@H]2CN)[C@@H](CO)C1. The Labute approximate surface area is 177 Å². The van der Waals surface area contributed by atoms with Gasteiger partial charge in [-0.2, -0.15) is 0 Å². The predicted octanol–water partition coefficient (Wildman–Crippen LogP) is 4.71. The first-order valence-corrected chi connectivity index (χ1v) is 11.9. The van der Waals surface area contributed by atoms with Crippen molar-refractivity contribution in [2.75, 3.05) is 13.2 Å². The molecular weight excluding hydrogens is 358 g/mol. The van der Waals surface area contributed by atoms with Crippen molar-refractivity contribution in [2.24, 2.45) is 46.2 Å². The van der Waals surface area contributed by atoms with Crippen LogP contribution in [0.4, 0.5) is 0 Å². The van der Waals surface area contributed by atoms with Crippen molar-refractivity contribution in [1.82, 2.24) is 0 Å². The van der Waals surface area contributed by atoms with E-state index in [0.717, 1.165) is 37.7 Å². The normalized spacial score (nSPS) is 47.7. The van der Waals surface area contributed by atoms with E-state index in [1.165, 1.54) is 12.8 Å². The summed E-state index contributed by atoms with van der Waals surface area (Å²) in [6.07, 6.45) is 7.65. The van der Waals surface area contributed by atoms with Crippen molar-refractivity contribution < 1.29 is 10.2 Å². The number of nitrogens with two attached hydrogens (primary N) is 1. The summed E-state index contributed by atoms with van der Waals surface area (Å²) in [5.41, 5.74) is 6.83. The molecule has 0 spiro atoms. The van der Waals surface area contributed by atoms with Crippen LogP contribution in [0.5, 0.6) is 0 Å². The zero-order valence-electron chi connectivity index (χ0n) is 18.6. The second kappa shape index (κ2) is 7.66. The lowest BCUT2D eigenvalue weighted by Gasteiger charge is -2.58. The van der Waals surface area contributed by atoms with Gasteiger partial charge in [-0.05, 0) is 85.6 Å². The Balaban J connectivity index is 1.66. The van der Waals surface area contributed by atoms with Gasteiger partial charge in [-0.1, -0.05) is 57.5 Å². The number of fused-ring (bicyclic) bond motifs is 1. The lowest BCUT2D eigenvalue weighted by Crippen LogP contribution is -2.55. The number of rotatable bonds is 4. The molecule has 4 N–H and O–H groups in total. The number of benzene rings is 1. The van der Waals surface area contributed by atoms with Gasteiger partial charge in [0.1, 0.15) is 0 Å². The molecule has 0 bridgehead atoms. The molecule has 3 nitrogen and oxygen atoms in total. The van der Waals surface area contributed by atoms with Crippen LogP contribution < -0.4 is 5.73 Å². The van der Waals surface area contributed by atoms with E-state index in [4.69, 9.17) is 5.73 Å². The van der Waals surface area contributed by atoms with Gasteiger partial charge in [-0.3, -0.25) is 0 Å². The first kappa shape index (κ1) is 21.3. The van der Waals surface area contributed by atoms with Crippen LogP contribution in [0.25, 0.3) is 0 Å². The molecule has 3 fully saturated rings. The van der Waals surface area contributed by atoms with Gasteiger partial charge in [0.25, 0.3) is 0 Å². The first-order chi connectivity index (χ1) is 13.8. The molecule has 0 radical (unpaired) electrons. The lowest BCUT2D eigenvalue weighted by molar-refractivity contribution is -0.141. The van der Waals surface area contributed by atoms with Gasteiger partial charge in [0, 0.05) is 12.0 Å². The average Bonchev–Trinajstić information content (AvgIpc) is 3.01. The molecule has 29 heavy (non-hydrogen) atoms. The Bertz CT molecular complexity index is 708. The van der Waals surface area contributed by atoms with Gasteiger partial charge >= 0.3 is 0 Å². The van der Waals surface area contributed by atoms with Crippen molar-refractivity contribution in [3.8, 4) is 0 Å². The summed E-state index contributed by atoms with van der Waals surface area (Å²) >= 11 is 0. The number of aliphatic hydroxyl groups is 2. The van der Waals surface area contributed by atoms with Gasteiger partial charge in [-0.15, -0.1) is 0 Å². The predicted molar refractivity (Wildman–Crippen MR) is 118 cm³/mol. The zero-order chi connectivity index (χ0) is 20.9. The average molecular weight is 400 g/mol.